The van der Waals surface area contributed by atoms with Crippen molar-refractivity contribution in [2.24, 2.45) is 11.3 Å². The van der Waals surface area contributed by atoms with Gasteiger partial charge in [-0.2, -0.15) is 0 Å². The molecule has 0 radical (unpaired) electrons. The molecule has 1 unspecified atom stereocenters. The lowest BCUT2D eigenvalue weighted by Gasteiger charge is -2.41. The van der Waals surface area contributed by atoms with Crippen LogP contribution in [-0.4, -0.2) is 60.7 Å². The summed E-state index contributed by atoms with van der Waals surface area (Å²) in [5.74, 6) is 0.804. The standard InChI is InChI=1S/C30H39N3O3/c1-4-14-33-20-24(26-17-25(35-2)10-11-28(26)33)19-31-15-12-30(13-16-31)22-32(21-27(30)29(34)36-3)18-23-8-6-5-7-9-23/h5-11,17,20,27H,4,12-16,18-19,21-22H2,1-3H3. The number of nitrogens with zero attached hydrogens (tertiary/aromatic N) is 3. The molecule has 2 aliphatic rings. The minimum atomic E-state index is -0.0518. The molecule has 5 rings (SSSR count). The van der Waals surface area contributed by atoms with Crippen LogP contribution in [0.4, 0.5) is 0 Å². The highest BCUT2D eigenvalue weighted by Crippen LogP contribution is 2.46. The molecule has 6 heteroatoms. The molecule has 0 N–H and O–H groups in total. The zero-order chi connectivity index (χ0) is 25.1. The fraction of sp³-hybridized carbons (Fsp3) is 0.500. The number of carbonyl (C=O) groups excluding carboxylic acids is 1. The highest BCUT2D eigenvalue weighted by atomic mass is 16.5. The molecule has 6 nitrogen and oxygen atoms in total. The second-order valence-electron chi connectivity index (χ2n) is 10.6. The number of fused-ring (bicyclic) bond motifs is 1. The summed E-state index contributed by atoms with van der Waals surface area (Å²) in [4.78, 5) is 17.9. The monoisotopic (exact) mass is 489 g/mol. The van der Waals surface area contributed by atoms with Crippen LogP contribution in [-0.2, 0) is 29.2 Å². The van der Waals surface area contributed by atoms with Crippen LogP contribution in [0.3, 0.4) is 0 Å². The van der Waals surface area contributed by atoms with E-state index in [9.17, 15) is 4.79 Å². The molecule has 0 amide bonds. The highest BCUT2D eigenvalue weighted by Gasteiger charge is 2.51. The number of methoxy groups -OCH3 is 2. The predicted molar refractivity (Wildman–Crippen MR) is 143 cm³/mol. The molecular formula is C30H39N3O3. The summed E-state index contributed by atoms with van der Waals surface area (Å²) in [5.41, 5.74) is 3.93. The first-order chi connectivity index (χ1) is 17.5. The molecule has 3 aromatic rings. The molecule has 1 spiro atoms. The molecule has 0 bridgehead atoms. The zero-order valence-corrected chi connectivity index (χ0v) is 21.9. The Labute approximate surface area is 214 Å². The SMILES string of the molecule is CCCn1cc(CN2CCC3(CC2)CN(Cc2ccccc2)CC3C(=O)OC)c2cc(OC)ccc21. The number of likely N-dealkylation sites (tertiary alicyclic amines) is 2. The Morgan fingerprint density at radius 2 is 1.81 bits per heavy atom. The smallest absolute Gasteiger partial charge is 0.310 e. The quantitative estimate of drug-likeness (QED) is 0.419. The number of hydrogen-bond acceptors (Lipinski definition) is 5. The van der Waals surface area contributed by atoms with Crippen LogP contribution < -0.4 is 4.74 Å². The lowest BCUT2D eigenvalue weighted by Crippen LogP contribution is -2.46. The first kappa shape index (κ1) is 24.8. The number of carbonyl (C=O) groups is 1. The van der Waals surface area contributed by atoms with Crippen molar-refractivity contribution in [1.29, 1.82) is 0 Å². The second kappa shape index (κ2) is 10.7. The van der Waals surface area contributed by atoms with Gasteiger partial charge in [0.15, 0.2) is 0 Å². The van der Waals surface area contributed by atoms with Crippen LogP contribution in [0.2, 0.25) is 0 Å². The van der Waals surface area contributed by atoms with Gasteiger partial charge in [0.05, 0.1) is 20.1 Å². The van der Waals surface area contributed by atoms with Gasteiger partial charge < -0.3 is 14.0 Å². The summed E-state index contributed by atoms with van der Waals surface area (Å²) in [7, 11) is 3.26. The summed E-state index contributed by atoms with van der Waals surface area (Å²) in [5, 5.41) is 1.28. The molecule has 1 aromatic heterocycles. The van der Waals surface area contributed by atoms with E-state index in [1.165, 1.54) is 29.1 Å². The fourth-order valence-corrected chi connectivity index (χ4v) is 6.43. The molecule has 2 saturated heterocycles. The van der Waals surface area contributed by atoms with Crippen molar-refractivity contribution in [2.45, 2.75) is 45.8 Å². The molecule has 2 aromatic carbocycles. The number of piperidine rings is 1. The summed E-state index contributed by atoms with van der Waals surface area (Å²) >= 11 is 0. The molecule has 2 aliphatic heterocycles. The van der Waals surface area contributed by atoms with Gasteiger partial charge >= 0.3 is 5.97 Å². The van der Waals surface area contributed by atoms with Crippen molar-refractivity contribution in [1.82, 2.24) is 14.4 Å². The third-order valence-corrected chi connectivity index (χ3v) is 8.33. The van der Waals surface area contributed by atoms with E-state index in [1.807, 2.05) is 0 Å². The Morgan fingerprint density at radius 1 is 1.03 bits per heavy atom. The molecule has 3 heterocycles. The number of rotatable bonds is 8. The van der Waals surface area contributed by atoms with E-state index in [4.69, 9.17) is 9.47 Å². The number of aromatic nitrogens is 1. The second-order valence-corrected chi connectivity index (χ2v) is 10.6. The van der Waals surface area contributed by atoms with Crippen LogP contribution in [0.25, 0.3) is 10.9 Å². The Morgan fingerprint density at radius 3 is 2.50 bits per heavy atom. The van der Waals surface area contributed by atoms with Crippen LogP contribution in [0.5, 0.6) is 5.75 Å². The van der Waals surface area contributed by atoms with E-state index in [1.54, 1.807) is 7.11 Å². The van der Waals surface area contributed by atoms with Gasteiger partial charge in [-0.15, -0.1) is 0 Å². The van der Waals surface area contributed by atoms with Crippen LogP contribution in [0.1, 0.15) is 37.3 Å². The topological polar surface area (TPSA) is 46.9 Å². The molecule has 1 atom stereocenters. The highest BCUT2D eigenvalue weighted by molar-refractivity contribution is 5.85. The van der Waals surface area contributed by atoms with Crippen molar-refractivity contribution in [3.8, 4) is 5.75 Å². The molecule has 36 heavy (non-hydrogen) atoms. The molecular weight excluding hydrogens is 450 g/mol. The van der Waals surface area contributed by atoms with Crippen LogP contribution >= 0.6 is 0 Å². The summed E-state index contributed by atoms with van der Waals surface area (Å²) in [6, 6.07) is 17.0. The van der Waals surface area contributed by atoms with Gasteiger partial charge in [-0.25, -0.2) is 0 Å². The average molecular weight is 490 g/mol. The lowest BCUT2D eigenvalue weighted by atomic mass is 9.70. The van der Waals surface area contributed by atoms with Gasteiger partial charge in [-0.1, -0.05) is 37.3 Å². The van der Waals surface area contributed by atoms with Gasteiger partial charge in [0.2, 0.25) is 0 Å². The zero-order valence-electron chi connectivity index (χ0n) is 21.9. The maximum absolute atomic E-state index is 12.9. The van der Waals surface area contributed by atoms with Crippen LogP contribution in [0.15, 0.2) is 54.7 Å². The Balaban J connectivity index is 1.31. The largest absolute Gasteiger partial charge is 0.497 e. The lowest BCUT2D eigenvalue weighted by molar-refractivity contribution is -0.149. The number of hydrogen-bond donors (Lipinski definition) is 0. The van der Waals surface area contributed by atoms with Crippen molar-refractivity contribution >= 4 is 16.9 Å². The Kier molecular flexibility index (Phi) is 7.35. The third kappa shape index (κ3) is 4.89. The summed E-state index contributed by atoms with van der Waals surface area (Å²) in [6.07, 6.45) is 5.48. The maximum Gasteiger partial charge on any atom is 0.310 e. The number of esters is 1. The minimum Gasteiger partial charge on any atom is -0.497 e. The fourth-order valence-electron chi connectivity index (χ4n) is 6.43. The number of benzene rings is 2. The first-order valence-corrected chi connectivity index (χ1v) is 13.3. The Bertz CT molecular complexity index is 1180. The Hall–Kier alpha value is -2.83. The average Bonchev–Trinajstić information content (AvgIpc) is 3.43. The molecule has 0 aliphatic carbocycles. The molecule has 2 fully saturated rings. The van der Waals surface area contributed by atoms with Gasteiger partial charge in [0, 0.05) is 55.2 Å². The van der Waals surface area contributed by atoms with E-state index in [2.05, 4.69) is 76.0 Å². The first-order valence-electron chi connectivity index (χ1n) is 13.3. The minimum absolute atomic E-state index is 0.00218. The van der Waals surface area contributed by atoms with Gasteiger partial charge in [-0.05, 0) is 61.7 Å². The third-order valence-electron chi connectivity index (χ3n) is 8.33. The van der Waals surface area contributed by atoms with Crippen molar-refractivity contribution in [3.63, 3.8) is 0 Å². The van der Waals surface area contributed by atoms with Gasteiger partial charge in [-0.3, -0.25) is 14.6 Å². The number of aryl methyl sites for hydroxylation is 1. The van der Waals surface area contributed by atoms with E-state index >= 15 is 0 Å². The van der Waals surface area contributed by atoms with Gasteiger partial charge in [0.1, 0.15) is 5.75 Å². The maximum atomic E-state index is 12.9. The molecule has 0 saturated carbocycles. The molecule has 192 valence electrons. The number of ether oxygens (including phenoxy) is 2. The van der Waals surface area contributed by atoms with E-state index in [0.29, 0.717) is 0 Å². The normalized spacial score (nSPS) is 20.2. The predicted octanol–water partition coefficient (Wildman–Crippen LogP) is 4.95. The van der Waals surface area contributed by atoms with E-state index < -0.39 is 0 Å². The van der Waals surface area contributed by atoms with E-state index in [0.717, 1.165) is 70.8 Å². The summed E-state index contributed by atoms with van der Waals surface area (Å²) < 4.78 is 13.2. The van der Waals surface area contributed by atoms with Gasteiger partial charge in [0.25, 0.3) is 0 Å². The van der Waals surface area contributed by atoms with Crippen molar-refractivity contribution in [2.75, 3.05) is 40.4 Å². The van der Waals surface area contributed by atoms with Crippen molar-refractivity contribution in [3.05, 3.63) is 65.9 Å². The van der Waals surface area contributed by atoms with Crippen LogP contribution in [0, 0.1) is 11.3 Å². The van der Waals surface area contributed by atoms with E-state index in [-0.39, 0.29) is 17.3 Å². The summed E-state index contributed by atoms with van der Waals surface area (Å²) in [6.45, 7) is 8.79. The van der Waals surface area contributed by atoms with Crippen molar-refractivity contribution < 1.29 is 14.3 Å².